The summed E-state index contributed by atoms with van der Waals surface area (Å²) in [6, 6.07) is 8.24. The highest BCUT2D eigenvalue weighted by Gasteiger charge is 2.18. The summed E-state index contributed by atoms with van der Waals surface area (Å²) in [5, 5.41) is 4.06. The zero-order chi connectivity index (χ0) is 24.0. The highest BCUT2D eigenvalue weighted by atomic mass is 32.2. The molecule has 0 saturated carbocycles. The first kappa shape index (κ1) is 25.0. The summed E-state index contributed by atoms with van der Waals surface area (Å²) in [6.07, 6.45) is 0. The van der Waals surface area contributed by atoms with Gasteiger partial charge in [0.1, 0.15) is 6.61 Å². The SMILES string of the molecule is CCN(CC)Cc1sc(-c2nc(-c3ccc(S(=O)(=O)NCCOC(C)=O)cc3)no2)cc1C. The highest BCUT2D eigenvalue weighted by molar-refractivity contribution is 7.89. The minimum absolute atomic E-state index is 0.00560. The molecule has 1 aromatic carbocycles. The van der Waals surface area contributed by atoms with Crippen LogP contribution in [0.2, 0.25) is 0 Å². The maximum Gasteiger partial charge on any atom is 0.302 e. The number of sulfonamides is 1. The predicted molar refractivity (Wildman–Crippen MR) is 126 cm³/mol. The second kappa shape index (κ2) is 11.0. The van der Waals surface area contributed by atoms with Crippen molar-refractivity contribution in [1.82, 2.24) is 19.8 Å². The maximum absolute atomic E-state index is 12.4. The summed E-state index contributed by atoms with van der Waals surface area (Å²) in [7, 11) is -3.72. The van der Waals surface area contributed by atoms with Crippen molar-refractivity contribution in [3.05, 3.63) is 40.8 Å². The molecule has 0 atom stereocenters. The number of carbonyl (C=O) groups excluding carboxylic acids is 1. The summed E-state index contributed by atoms with van der Waals surface area (Å²) in [5.74, 6) is 0.358. The number of aryl methyl sites for hydroxylation is 1. The van der Waals surface area contributed by atoms with Gasteiger partial charge in [-0.25, -0.2) is 13.1 Å². The molecule has 33 heavy (non-hydrogen) atoms. The Morgan fingerprint density at radius 2 is 1.91 bits per heavy atom. The maximum atomic E-state index is 12.4. The van der Waals surface area contributed by atoms with Gasteiger partial charge in [-0.05, 0) is 55.9 Å². The number of thiophene rings is 1. The van der Waals surface area contributed by atoms with Gasteiger partial charge in [0, 0.05) is 30.5 Å². The number of hydrogen-bond donors (Lipinski definition) is 1. The van der Waals surface area contributed by atoms with Gasteiger partial charge in [0.2, 0.25) is 15.8 Å². The standard InChI is InChI=1S/C22H28N4O5S2/c1-5-26(6-2)14-20-15(3)13-19(32-20)22-24-21(25-31-22)17-7-9-18(10-8-17)33(28,29)23-11-12-30-16(4)27/h7-10,13,23H,5-6,11-12,14H2,1-4H3. The lowest BCUT2D eigenvalue weighted by molar-refractivity contribution is -0.140. The molecule has 0 aliphatic rings. The van der Waals surface area contributed by atoms with Gasteiger partial charge in [-0.2, -0.15) is 4.98 Å². The van der Waals surface area contributed by atoms with Crippen LogP contribution >= 0.6 is 11.3 Å². The molecule has 11 heteroatoms. The lowest BCUT2D eigenvalue weighted by atomic mass is 10.2. The smallest absolute Gasteiger partial charge is 0.302 e. The second-order valence-electron chi connectivity index (χ2n) is 7.36. The van der Waals surface area contributed by atoms with Gasteiger partial charge >= 0.3 is 5.97 Å². The third kappa shape index (κ3) is 6.47. The molecular formula is C22H28N4O5S2. The van der Waals surface area contributed by atoms with Gasteiger partial charge in [0.05, 0.1) is 9.77 Å². The number of nitrogens with one attached hydrogen (secondary N) is 1. The largest absolute Gasteiger partial charge is 0.464 e. The van der Waals surface area contributed by atoms with Crippen molar-refractivity contribution in [2.24, 2.45) is 0 Å². The Morgan fingerprint density at radius 3 is 2.55 bits per heavy atom. The van der Waals surface area contributed by atoms with E-state index in [1.54, 1.807) is 23.5 Å². The molecule has 0 aliphatic carbocycles. The highest BCUT2D eigenvalue weighted by Crippen LogP contribution is 2.32. The molecule has 0 unspecified atom stereocenters. The number of benzene rings is 1. The van der Waals surface area contributed by atoms with E-state index in [1.165, 1.54) is 29.5 Å². The van der Waals surface area contributed by atoms with Crippen molar-refractivity contribution in [3.63, 3.8) is 0 Å². The van der Waals surface area contributed by atoms with Crippen LogP contribution in [0.25, 0.3) is 22.2 Å². The lowest BCUT2D eigenvalue weighted by Crippen LogP contribution is -2.27. The number of ether oxygens (including phenoxy) is 1. The molecule has 0 spiro atoms. The Morgan fingerprint density at radius 1 is 1.21 bits per heavy atom. The van der Waals surface area contributed by atoms with E-state index in [2.05, 4.69) is 46.6 Å². The normalized spacial score (nSPS) is 11.8. The van der Waals surface area contributed by atoms with Crippen molar-refractivity contribution in [2.45, 2.75) is 39.1 Å². The monoisotopic (exact) mass is 492 g/mol. The quantitative estimate of drug-likeness (QED) is 0.320. The Labute approximate surface area is 197 Å². The first-order valence-electron chi connectivity index (χ1n) is 10.6. The Hall–Kier alpha value is -2.60. The van der Waals surface area contributed by atoms with E-state index in [0.29, 0.717) is 17.3 Å². The molecule has 178 valence electrons. The average Bonchev–Trinajstić information content (AvgIpc) is 3.42. The topological polar surface area (TPSA) is 115 Å². The van der Waals surface area contributed by atoms with Crippen LogP contribution in [0.15, 0.2) is 39.8 Å². The fourth-order valence-electron chi connectivity index (χ4n) is 3.11. The third-order valence-electron chi connectivity index (χ3n) is 5.04. The third-order valence-corrected chi connectivity index (χ3v) is 7.73. The zero-order valence-corrected chi connectivity index (χ0v) is 20.8. The molecule has 3 aromatic rings. The minimum atomic E-state index is -3.72. The zero-order valence-electron chi connectivity index (χ0n) is 19.1. The predicted octanol–water partition coefficient (Wildman–Crippen LogP) is 3.46. The Bertz CT molecular complexity index is 1180. The molecular weight excluding hydrogens is 464 g/mol. The van der Waals surface area contributed by atoms with E-state index in [1.807, 2.05) is 0 Å². The van der Waals surface area contributed by atoms with Crippen molar-refractivity contribution < 1.29 is 22.5 Å². The number of esters is 1. The van der Waals surface area contributed by atoms with Crippen LogP contribution in [0, 0.1) is 6.92 Å². The van der Waals surface area contributed by atoms with Gasteiger partial charge in [0.15, 0.2) is 0 Å². The molecule has 0 radical (unpaired) electrons. The molecule has 0 fully saturated rings. The molecule has 0 bridgehead atoms. The summed E-state index contributed by atoms with van der Waals surface area (Å²) in [5.41, 5.74) is 1.83. The average molecular weight is 493 g/mol. The van der Waals surface area contributed by atoms with E-state index in [-0.39, 0.29) is 18.0 Å². The van der Waals surface area contributed by atoms with E-state index < -0.39 is 16.0 Å². The summed E-state index contributed by atoms with van der Waals surface area (Å²) in [4.78, 5) is 19.9. The van der Waals surface area contributed by atoms with Gasteiger partial charge < -0.3 is 9.26 Å². The van der Waals surface area contributed by atoms with Crippen LogP contribution < -0.4 is 4.72 Å². The van der Waals surface area contributed by atoms with Gasteiger partial charge in [0.25, 0.3) is 5.89 Å². The van der Waals surface area contributed by atoms with Crippen LogP contribution in [0.1, 0.15) is 31.2 Å². The molecule has 0 aliphatic heterocycles. The van der Waals surface area contributed by atoms with Crippen molar-refractivity contribution in [3.8, 4) is 22.2 Å². The number of hydrogen-bond acceptors (Lipinski definition) is 9. The summed E-state index contributed by atoms with van der Waals surface area (Å²) in [6.45, 7) is 10.5. The molecule has 0 saturated heterocycles. The van der Waals surface area contributed by atoms with Gasteiger partial charge in [-0.3, -0.25) is 9.69 Å². The van der Waals surface area contributed by atoms with E-state index in [9.17, 15) is 13.2 Å². The van der Waals surface area contributed by atoms with Crippen molar-refractivity contribution in [2.75, 3.05) is 26.2 Å². The van der Waals surface area contributed by atoms with Crippen molar-refractivity contribution in [1.29, 1.82) is 0 Å². The number of carbonyl (C=O) groups is 1. The molecule has 2 aromatic heterocycles. The Balaban J connectivity index is 1.70. The fourth-order valence-corrected chi connectivity index (χ4v) is 5.26. The number of rotatable bonds is 11. The van der Waals surface area contributed by atoms with Crippen LogP contribution in [0.5, 0.6) is 0 Å². The van der Waals surface area contributed by atoms with Crippen LogP contribution in [0.3, 0.4) is 0 Å². The minimum Gasteiger partial charge on any atom is -0.464 e. The van der Waals surface area contributed by atoms with Crippen LogP contribution in [-0.4, -0.2) is 55.7 Å². The molecule has 0 amide bonds. The number of aromatic nitrogens is 2. The van der Waals surface area contributed by atoms with Crippen LogP contribution in [0.4, 0.5) is 0 Å². The summed E-state index contributed by atoms with van der Waals surface area (Å²) < 4.78 is 37.3. The van der Waals surface area contributed by atoms with Gasteiger partial charge in [-0.15, -0.1) is 11.3 Å². The Kier molecular flexibility index (Phi) is 8.35. The molecule has 9 nitrogen and oxygen atoms in total. The van der Waals surface area contributed by atoms with E-state index >= 15 is 0 Å². The van der Waals surface area contributed by atoms with E-state index in [4.69, 9.17) is 9.26 Å². The molecule has 3 rings (SSSR count). The molecule has 1 N–H and O–H groups in total. The number of nitrogens with zero attached hydrogens (tertiary/aromatic N) is 3. The summed E-state index contributed by atoms with van der Waals surface area (Å²) >= 11 is 1.64. The first-order chi connectivity index (χ1) is 15.7. The lowest BCUT2D eigenvalue weighted by Gasteiger charge is -2.17. The first-order valence-corrected chi connectivity index (χ1v) is 12.9. The second-order valence-corrected chi connectivity index (χ2v) is 10.3. The van der Waals surface area contributed by atoms with E-state index in [0.717, 1.165) is 24.5 Å². The fraction of sp³-hybridized carbons (Fsp3) is 0.409. The molecule has 2 heterocycles. The van der Waals surface area contributed by atoms with Crippen LogP contribution in [-0.2, 0) is 26.1 Å². The van der Waals surface area contributed by atoms with Gasteiger partial charge in [-0.1, -0.05) is 19.0 Å². The van der Waals surface area contributed by atoms with Crippen molar-refractivity contribution >= 4 is 27.3 Å².